The molecule has 264 valence electrons. The molecule has 4 aliphatic rings. The van der Waals surface area contributed by atoms with E-state index in [0.717, 1.165) is 77.7 Å². The molecule has 2 aromatic rings. The van der Waals surface area contributed by atoms with Crippen molar-refractivity contribution in [2.45, 2.75) is 144 Å². The fourth-order valence-corrected chi connectivity index (χ4v) is 11.0. The highest BCUT2D eigenvalue weighted by molar-refractivity contribution is 5.82. The second-order valence-corrected chi connectivity index (χ2v) is 17.3. The van der Waals surface area contributed by atoms with Gasteiger partial charge < -0.3 is 13.9 Å². The first-order chi connectivity index (χ1) is 22.9. The number of fused-ring (bicyclic) bond motifs is 6. The molecule has 3 saturated carbocycles. The highest BCUT2D eigenvalue weighted by Gasteiger charge is 2.56. The summed E-state index contributed by atoms with van der Waals surface area (Å²) < 4.78 is 17.4. The summed E-state index contributed by atoms with van der Waals surface area (Å²) in [6.07, 6.45) is 19.3. The number of hydrogen-bond donors (Lipinski definition) is 0. The summed E-state index contributed by atoms with van der Waals surface area (Å²) in [5, 5.41) is 0.901. The van der Waals surface area contributed by atoms with Gasteiger partial charge in [0.15, 0.2) is 6.61 Å². The Labute approximate surface area is 289 Å². The Morgan fingerprint density at radius 2 is 1.85 bits per heavy atom. The molecule has 0 N–H and O–H groups in total. The Hall–Kier alpha value is -2.56. The lowest BCUT2D eigenvalue weighted by Gasteiger charge is -2.61. The molecule has 1 aromatic carbocycles. The van der Waals surface area contributed by atoms with Crippen LogP contribution in [0.3, 0.4) is 0 Å². The predicted octanol–water partition coefficient (Wildman–Crippen LogP) is 10.8. The fraction of sp³-hybridized carbons (Fsp3) is 0.721. The Morgan fingerprint density at radius 1 is 1.04 bits per heavy atom. The lowest BCUT2D eigenvalue weighted by molar-refractivity contribution is -0.154. The van der Waals surface area contributed by atoms with Crippen LogP contribution in [0.25, 0.3) is 11.0 Å². The van der Waals surface area contributed by atoms with Crippen molar-refractivity contribution in [2.24, 2.45) is 46.3 Å². The van der Waals surface area contributed by atoms with E-state index in [4.69, 9.17) is 13.9 Å². The lowest BCUT2D eigenvalue weighted by atomic mass is 9.44. The minimum Gasteiger partial charge on any atom is -0.482 e. The van der Waals surface area contributed by atoms with Gasteiger partial charge in [-0.2, -0.15) is 0 Å². The zero-order valence-electron chi connectivity index (χ0n) is 31.0. The molecule has 4 aliphatic carbocycles. The average Bonchev–Trinajstić information content (AvgIpc) is 3.04. The smallest absolute Gasteiger partial charge is 0.344 e. The molecule has 6 rings (SSSR count). The van der Waals surface area contributed by atoms with E-state index in [1.165, 1.54) is 63.4 Å². The molecule has 1 heterocycles. The van der Waals surface area contributed by atoms with E-state index >= 15 is 0 Å². The van der Waals surface area contributed by atoms with Gasteiger partial charge in [-0.15, -0.1) is 0 Å². The average molecular weight is 659 g/mol. The first-order valence-corrected chi connectivity index (χ1v) is 19.5. The molecule has 8 atom stereocenters. The summed E-state index contributed by atoms with van der Waals surface area (Å²) in [7, 11) is 0. The van der Waals surface area contributed by atoms with Crippen molar-refractivity contribution in [1.29, 1.82) is 0 Å². The van der Waals surface area contributed by atoms with Crippen LogP contribution < -0.4 is 10.4 Å². The Balaban J connectivity index is 1.03. The molecule has 0 radical (unpaired) electrons. The number of carbonyl (C=O) groups is 1. The van der Waals surface area contributed by atoms with Gasteiger partial charge in [0.1, 0.15) is 17.4 Å². The lowest BCUT2D eigenvalue weighted by Crippen LogP contribution is -2.52. The molecule has 3 fully saturated rings. The maximum Gasteiger partial charge on any atom is 0.344 e. The van der Waals surface area contributed by atoms with Crippen LogP contribution in [0.1, 0.15) is 136 Å². The van der Waals surface area contributed by atoms with E-state index in [2.05, 4.69) is 47.6 Å². The molecule has 0 amide bonds. The molecule has 0 spiro atoms. The topological polar surface area (TPSA) is 65.7 Å². The SMILES string of the molecule is CCCc1c(C)c2ccc(OCC(=O)O[C@@H]3CC[C@@]4(C)C(=CC[C@H]5[C@H]4CC[C@]4(C)C[C@@H]([C@@H](C)CCCC(C)C)CC[C@@H]54)C3)cc2oc1=O. The number of hydrogen-bond acceptors (Lipinski definition) is 5. The van der Waals surface area contributed by atoms with E-state index in [9.17, 15) is 9.59 Å². The highest BCUT2D eigenvalue weighted by Crippen LogP contribution is 2.65. The normalized spacial score (nSPS) is 32.2. The van der Waals surface area contributed by atoms with E-state index < -0.39 is 0 Å². The standard InChI is InChI=1S/C43H62O5/c1-8-10-35-29(5)34-17-15-32(24-39(34)48-41(35)45)46-26-40(44)47-33-19-22-43(7)31(23-33)14-16-36-37-18-13-30(28(4)12-9-11-27(2)3)25-42(37,6)21-20-38(36)43/h14-15,17,24,27-28,30,33,36-38H,8-13,16,18-23,25-26H2,1-7H3/t28-,30-,33+,36+,37-,38+,42+,43-/m0/s1. The van der Waals surface area contributed by atoms with Gasteiger partial charge in [-0.1, -0.05) is 78.9 Å². The van der Waals surface area contributed by atoms with Crippen molar-refractivity contribution in [3.8, 4) is 5.75 Å². The molecular formula is C43H62O5. The number of carbonyl (C=O) groups excluding carboxylic acids is 1. The van der Waals surface area contributed by atoms with Crippen LogP contribution in [0, 0.1) is 53.3 Å². The first-order valence-electron chi connectivity index (χ1n) is 19.5. The van der Waals surface area contributed by atoms with Crippen LogP contribution in [0.4, 0.5) is 0 Å². The molecule has 5 heteroatoms. The van der Waals surface area contributed by atoms with E-state index in [-0.39, 0.29) is 29.7 Å². The van der Waals surface area contributed by atoms with Gasteiger partial charge in [0.2, 0.25) is 0 Å². The first kappa shape index (κ1) is 35.3. The largest absolute Gasteiger partial charge is 0.482 e. The summed E-state index contributed by atoms with van der Waals surface area (Å²) in [6.45, 7) is 16.3. The number of allylic oxidation sites excluding steroid dienone is 1. The quantitative estimate of drug-likeness (QED) is 0.137. The molecule has 1 aromatic heterocycles. The summed E-state index contributed by atoms with van der Waals surface area (Å²) in [5.41, 5.74) is 4.14. The Kier molecular flexibility index (Phi) is 10.5. The van der Waals surface area contributed by atoms with E-state index in [1.54, 1.807) is 6.07 Å². The van der Waals surface area contributed by atoms with E-state index in [1.807, 2.05) is 19.1 Å². The molecule has 0 bridgehead atoms. The molecule has 0 saturated heterocycles. The van der Waals surface area contributed by atoms with Crippen molar-refractivity contribution in [2.75, 3.05) is 6.61 Å². The van der Waals surface area contributed by atoms with Crippen LogP contribution in [-0.2, 0) is 16.0 Å². The third kappa shape index (κ3) is 7.04. The van der Waals surface area contributed by atoms with Crippen LogP contribution in [0.15, 0.2) is 39.1 Å². The van der Waals surface area contributed by atoms with E-state index in [0.29, 0.717) is 23.2 Å². The van der Waals surface area contributed by atoms with Crippen LogP contribution >= 0.6 is 0 Å². The minimum atomic E-state index is -0.336. The maximum absolute atomic E-state index is 13.0. The van der Waals surface area contributed by atoms with Crippen molar-refractivity contribution in [3.63, 3.8) is 0 Å². The predicted molar refractivity (Wildman–Crippen MR) is 194 cm³/mol. The zero-order valence-corrected chi connectivity index (χ0v) is 31.0. The van der Waals surface area contributed by atoms with Crippen molar-refractivity contribution >= 4 is 16.9 Å². The highest BCUT2D eigenvalue weighted by atomic mass is 16.6. The van der Waals surface area contributed by atoms with Gasteiger partial charge in [-0.3, -0.25) is 0 Å². The van der Waals surface area contributed by atoms with Gasteiger partial charge in [0.05, 0.1) is 0 Å². The molecule has 0 unspecified atom stereocenters. The van der Waals surface area contributed by atoms with Crippen molar-refractivity contribution in [3.05, 3.63) is 51.4 Å². The minimum absolute atomic E-state index is 0.0901. The summed E-state index contributed by atoms with van der Waals surface area (Å²) in [4.78, 5) is 25.5. The van der Waals surface area contributed by atoms with Gasteiger partial charge in [0.25, 0.3) is 0 Å². The molecule has 5 nitrogen and oxygen atoms in total. The summed E-state index contributed by atoms with van der Waals surface area (Å²) in [6, 6.07) is 5.45. The third-order valence-corrected chi connectivity index (χ3v) is 13.8. The number of benzene rings is 1. The second kappa shape index (κ2) is 14.4. The third-order valence-electron chi connectivity index (χ3n) is 13.8. The van der Waals surface area contributed by atoms with Crippen LogP contribution in [0.5, 0.6) is 5.75 Å². The van der Waals surface area contributed by atoms with Crippen molar-refractivity contribution < 1.29 is 18.7 Å². The maximum atomic E-state index is 13.0. The number of aryl methyl sites for hydroxylation is 1. The molecular weight excluding hydrogens is 596 g/mol. The monoisotopic (exact) mass is 658 g/mol. The van der Waals surface area contributed by atoms with Gasteiger partial charge in [0, 0.05) is 23.4 Å². The second-order valence-electron chi connectivity index (χ2n) is 17.3. The summed E-state index contributed by atoms with van der Waals surface area (Å²) in [5.74, 6) is 5.15. The van der Waals surface area contributed by atoms with Gasteiger partial charge >= 0.3 is 11.6 Å². The van der Waals surface area contributed by atoms with Crippen LogP contribution in [-0.4, -0.2) is 18.7 Å². The number of esters is 1. The number of ether oxygens (including phenoxy) is 2. The Morgan fingerprint density at radius 3 is 2.62 bits per heavy atom. The number of rotatable bonds is 11. The van der Waals surface area contributed by atoms with Gasteiger partial charge in [-0.25, -0.2) is 9.59 Å². The van der Waals surface area contributed by atoms with Gasteiger partial charge in [-0.05, 0) is 129 Å². The van der Waals surface area contributed by atoms with Crippen LogP contribution in [0.2, 0.25) is 0 Å². The Bertz CT molecular complexity index is 1550. The fourth-order valence-electron chi connectivity index (χ4n) is 11.0. The summed E-state index contributed by atoms with van der Waals surface area (Å²) >= 11 is 0. The molecule has 48 heavy (non-hydrogen) atoms. The zero-order chi connectivity index (χ0) is 34.2. The molecule has 0 aliphatic heterocycles. The van der Waals surface area contributed by atoms with Crippen molar-refractivity contribution in [1.82, 2.24) is 0 Å².